The van der Waals surface area contributed by atoms with Crippen LogP contribution in [0.25, 0.3) is 0 Å². The van der Waals surface area contributed by atoms with E-state index in [1.54, 1.807) is 6.92 Å². The number of alkyl halides is 3. The predicted octanol–water partition coefficient (Wildman–Crippen LogP) is 3.76. The number of rotatable bonds is 2. The van der Waals surface area contributed by atoms with Gasteiger partial charge >= 0.3 is 6.18 Å². The van der Waals surface area contributed by atoms with Gasteiger partial charge in [0.1, 0.15) is 5.75 Å². The van der Waals surface area contributed by atoms with E-state index in [4.69, 9.17) is 16.3 Å². The minimum Gasteiger partial charge on any atom is -0.492 e. The molecule has 5 heteroatoms. The van der Waals surface area contributed by atoms with Crippen molar-refractivity contribution in [3.05, 3.63) is 28.8 Å². The fraction of sp³-hybridized carbons (Fsp3) is 0.333. The molecule has 1 rings (SSSR count). The van der Waals surface area contributed by atoms with E-state index >= 15 is 0 Å². The van der Waals surface area contributed by atoms with Crippen molar-refractivity contribution in [3.63, 3.8) is 0 Å². The summed E-state index contributed by atoms with van der Waals surface area (Å²) in [6.07, 6.45) is -4.36. The molecule has 0 spiro atoms. The molecule has 0 unspecified atom stereocenters. The van der Waals surface area contributed by atoms with Gasteiger partial charge < -0.3 is 4.74 Å². The summed E-state index contributed by atoms with van der Waals surface area (Å²) >= 11 is 5.63. The van der Waals surface area contributed by atoms with Crippen molar-refractivity contribution in [2.24, 2.45) is 0 Å². The summed E-state index contributed by atoms with van der Waals surface area (Å²) in [5.41, 5.74) is -0.759. The summed E-state index contributed by atoms with van der Waals surface area (Å²) in [4.78, 5) is 0. The maximum absolute atomic E-state index is 12.2. The van der Waals surface area contributed by atoms with Crippen molar-refractivity contribution in [2.75, 3.05) is 6.61 Å². The maximum Gasteiger partial charge on any atom is 0.416 e. The molecular weight excluding hydrogens is 217 g/mol. The molecule has 0 radical (unpaired) electrons. The van der Waals surface area contributed by atoms with Crippen LogP contribution >= 0.6 is 11.6 Å². The fourth-order valence-electron chi connectivity index (χ4n) is 0.946. The van der Waals surface area contributed by atoms with Gasteiger partial charge in [0.2, 0.25) is 0 Å². The molecule has 0 aliphatic rings. The fourth-order valence-corrected chi connectivity index (χ4v) is 1.12. The van der Waals surface area contributed by atoms with E-state index in [0.29, 0.717) is 0 Å². The highest BCUT2D eigenvalue weighted by Crippen LogP contribution is 2.34. The van der Waals surface area contributed by atoms with Gasteiger partial charge in [-0.3, -0.25) is 0 Å². The molecule has 0 saturated carbocycles. The predicted molar refractivity (Wildman–Crippen MR) is 47.6 cm³/mol. The highest BCUT2D eigenvalue weighted by atomic mass is 35.5. The van der Waals surface area contributed by atoms with E-state index in [1.807, 2.05) is 0 Å². The standard InChI is InChI=1S/C9H8ClF3O/c1-2-14-8-5-6(9(11,12)13)3-4-7(8)10/h3-5H,2H2,1H3. The lowest BCUT2D eigenvalue weighted by atomic mass is 10.2. The van der Waals surface area contributed by atoms with Crippen LogP contribution in [0.15, 0.2) is 18.2 Å². The normalized spacial score (nSPS) is 11.5. The molecular formula is C9H8ClF3O. The Hall–Kier alpha value is -0.900. The molecule has 1 aromatic rings. The average molecular weight is 225 g/mol. The number of hydrogen-bond acceptors (Lipinski definition) is 1. The van der Waals surface area contributed by atoms with Crippen LogP contribution in [0.1, 0.15) is 12.5 Å². The Kier molecular flexibility index (Phi) is 3.26. The molecule has 0 aliphatic carbocycles. The van der Waals surface area contributed by atoms with E-state index in [9.17, 15) is 13.2 Å². The molecule has 0 N–H and O–H groups in total. The lowest BCUT2D eigenvalue weighted by molar-refractivity contribution is -0.137. The smallest absolute Gasteiger partial charge is 0.416 e. The first-order chi connectivity index (χ1) is 6.45. The van der Waals surface area contributed by atoms with Gasteiger partial charge in [-0.2, -0.15) is 13.2 Å². The van der Waals surface area contributed by atoms with Gasteiger partial charge in [-0.15, -0.1) is 0 Å². The van der Waals surface area contributed by atoms with Crippen molar-refractivity contribution in [2.45, 2.75) is 13.1 Å². The highest BCUT2D eigenvalue weighted by Gasteiger charge is 2.31. The van der Waals surface area contributed by atoms with Crippen LogP contribution in [0, 0.1) is 0 Å². The van der Waals surface area contributed by atoms with Crippen LogP contribution in [-0.4, -0.2) is 6.61 Å². The number of hydrogen-bond donors (Lipinski definition) is 0. The van der Waals surface area contributed by atoms with Gasteiger partial charge in [0.05, 0.1) is 17.2 Å². The number of benzene rings is 1. The molecule has 0 saturated heterocycles. The molecule has 14 heavy (non-hydrogen) atoms. The van der Waals surface area contributed by atoms with Gasteiger partial charge in [0.15, 0.2) is 0 Å². The molecule has 0 aliphatic heterocycles. The van der Waals surface area contributed by atoms with Crippen molar-refractivity contribution < 1.29 is 17.9 Å². The summed E-state index contributed by atoms with van der Waals surface area (Å²) in [6, 6.07) is 2.99. The van der Waals surface area contributed by atoms with Crippen LogP contribution in [0.5, 0.6) is 5.75 Å². The lowest BCUT2D eigenvalue weighted by Crippen LogP contribution is -2.05. The second-order valence-corrected chi connectivity index (χ2v) is 2.98. The Labute approximate surface area is 84.4 Å². The molecule has 0 fully saturated rings. The van der Waals surface area contributed by atoms with Crippen molar-refractivity contribution in [1.82, 2.24) is 0 Å². The van der Waals surface area contributed by atoms with Gasteiger partial charge in [-0.25, -0.2) is 0 Å². The third-order valence-corrected chi connectivity index (χ3v) is 1.87. The summed E-state index contributed by atoms with van der Waals surface area (Å²) in [5.74, 6) is 0.0593. The van der Waals surface area contributed by atoms with E-state index in [2.05, 4.69) is 0 Å². The third-order valence-electron chi connectivity index (χ3n) is 1.56. The first-order valence-electron chi connectivity index (χ1n) is 3.94. The van der Waals surface area contributed by atoms with Crippen LogP contribution in [0.2, 0.25) is 5.02 Å². The maximum atomic E-state index is 12.2. The second kappa shape index (κ2) is 4.09. The Morgan fingerprint density at radius 3 is 2.50 bits per heavy atom. The molecule has 1 aromatic carbocycles. The van der Waals surface area contributed by atoms with Crippen molar-refractivity contribution in [1.29, 1.82) is 0 Å². The quantitative estimate of drug-likeness (QED) is 0.743. The van der Waals surface area contributed by atoms with E-state index < -0.39 is 11.7 Å². The minimum absolute atomic E-state index is 0.0593. The summed E-state index contributed by atoms with van der Waals surface area (Å²) < 4.78 is 41.7. The van der Waals surface area contributed by atoms with Gasteiger partial charge in [-0.05, 0) is 25.1 Å². The van der Waals surface area contributed by atoms with Crippen LogP contribution in [0.4, 0.5) is 13.2 Å². The van der Waals surface area contributed by atoms with Gasteiger partial charge in [0.25, 0.3) is 0 Å². The SMILES string of the molecule is CCOc1cc(C(F)(F)F)ccc1Cl. The zero-order valence-electron chi connectivity index (χ0n) is 7.36. The van der Waals surface area contributed by atoms with E-state index in [-0.39, 0.29) is 17.4 Å². The van der Waals surface area contributed by atoms with Crippen LogP contribution in [-0.2, 0) is 6.18 Å². The van der Waals surface area contributed by atoms with E-state index in [0.717, 1.165) is 12.1 Å². The second-order valence-electron chi connectivity index (χ2n) is 2.58. The minimum atomic E-state index is -4.36. The van der Waals surface area contributed by atoms with Gasteiger partial charge in [-0.1, -0.05) is 11.6 Å². The topological polar surface area (TPSA) is 9.23 Å². The largest absolute Gasteiger partial charge is 0.492 e. The summed E-state index contributed by atoms with van der Waals surface area (Å²) in [6.45, 7) is 1.96. The van der Waals surface area contributed by atoms with Crippen LogP contribution < -0.4 is 4.74 Å². The molecule has 0 heterocycles. The molecule has 78 valence electrons. The first kappa shape index (κ1) is 11.2. The average Bonchev–Trinajstić information content (AvgIpc) is 2.07. The third kappa shape index (κ3) is 2.54. The summed E-state index contributed by atoms with van der Waals surface area (Å²) in [5, 5.41) is 0.180. The first-order valence-corrected chi connectivity index (χ1v) is 4.32. The molecule has 0 amide bonds. The van der Waals surface area contributed by atoms with E-state index in [1.165, 1.54) is 6.07 Å². The Bertz CT molecular complexity index is 322. The molecule has 1 nitrogen and oxygen atoms in total. The highest BCUT2D eigenvalue weighted by molar-refractivity contribution is 6.32. The van der Waals surface area contributed by atoms with Gasteiger partial charge in [0, 0.05) is 0 Å². The Balaban J connectivity index is 3.06. The molecule has 0 bridgehead atoms. The van der Waals surface area contributed by atoms with Crippen molar-refractivity contribution in [3.8, 4) is 5.75 Å². The number of ether oxygens (including phenoxy) is 1. The summed E-state index contributed by atoms with van der Waals surface area (Å²) in [7, 11) is 0. The monoisotopic (exact) mass is 224 g/mol. The number of halogens is 4. The van der Waals surface area contributed by atoms with Crippen LogP contribution in [0.3, 0.4) is 0 Å². The molecule has 0 atom stereocenters. The zero-order chi connectivity index (χ0) is 10.8. The molecule has 0 aromatic heterocycles. The lowest BCUT2D eigenvalue weighted by Gasteiger charge is -2.10. The van der Waals surface area contributed by atoms with Crippen molar-refractivity contribution >= 4 is 11.6 Å². The Morgan fingerprint density at radius 1 is 1.36 bits per heavy atom. The Morgan fingerprint density at radius 2 is 2.00 bits per heavy atom. The zero-order valence-corrected chi connectivity index (χ0v) is 8.12.